The molecule has 0 bridgehead atoms. The van der Waals surface area contributed by atoms with Crippen LogP contribution in [0.15, 0.2) is 54.6 Å². The van der Waals surface area contributed by atoms with Gasteiger partial charge < -0.3 is 19.3 Å². The number of hydrogen-bond acceptors (Lipinski definition) is 5. The lowest BCUT2D eigenvalue weighted by atomic mass is 9.67. The Kier molecular flexibility index (Phi) is 4.88. The van der Waals surface area contributed by atoms with Crippen LogP contribution in [-0.2, 0) is 19.9 Å². The van der Waals surface area contributed by atoms with E-state index >= 15 is 4.39 Å². The highest BCUT2D eigenvalue weighted by Gasteiger charge is 2.74. The van der Waals surface area contributed by atoms with Gasteiger partial charge in [-0.25, -0.2) is 4.39 Å². The lowest BCUT2D eigenvalue weighted by Crippen LogP contribution is -2.82. The third-order valence-corrected chi connectivity index (χ3v) is 5.99. The van der Waals surface area contributed by atoms with Crippen LogP contribution in [0.5, 0.6) is 5.75 Å². The molecule has 30 heavy (non-hydrogen) atoms. The summed E-state index contributed by atoms with van der Waals surface area (Å²) in [4.78, 5) is 14.6. The zero-order valence-corrected chi connectivity index (χ0v) is 17.5. The first-order valence-corrected chi connectivity index (χ1v) is 9.88. The molecule has 6 nitrogen and oxygen atoms in total. The number of carbonyl (C=O) groups excluding carboxylic acids is 1. The molecule has 7 heteroatoms. The van der Waals surface area contributed by atoms with Gasteiger partial charge in [-0.2, -0.15) is 0 Å². The SMILES string of the molecule is COc1ccc(N2C(=O)[C@@](F)(C(C)(O)c3ccccc3)[C@@H]2[C@H]2COC(C)(C)O2)cc1. The minimum absolute atomic E-state index is 0.105. The van der Waals surface area contributed by atoms with E-state index in [2.05, 4.69) is 0 Å². The lowest BCUT2D eigenvalue weighted by Gasteiger charge is -2.57. The number of methoxy groups -OCH3 is 1. The number of anilines is 1. The third-order valence-electron chi connectivity index (χ3n) is 5.99. The summed E-state index contributed by atoms with van der Waals surface area (Å²) in [5.41, 5.74) is -3.84. The van der Waals surface area contributed by atoms with Crippen molar-refractivity contribution in [1.82, 2.24) is 0 Å². The van der Waals surface area contributed by atoms with Gasteiger partial charge in [0.05, 0.1) is 13.7 Å². The molecule has 2 aromatic carbocycles. The highest BCUT2D eigenvalue weighted by molar-refractivity contribution is 6.09. The van der Waals surface area contributed by atoms with Crippen molar-refractivity contribution in [2.45, 2.75) is 50.0 Å². The number of β-lactam (4-membered cyclic amide) rings is 1. The number of rotatable bonds is 5. The number of nitrogens with zero attached hydrogens (tertiary/aromatic N) is 1. The van der Waals surface area contributed by atoms with Crippen LogP contribution in [0.2, 0.25) is 0 Å². The Hall–Kier alpha value is -2.48. The van der Waals surface area contributed by atoms with Crippen molar-refractivity contribution in [1.29, 1.82) is 0 Å². The average Bonchev–Trinajstić information content (AvgIpc) is 3.10. The van der Waals surface area contributed by atoms with E-state index in [9.17, 15) is 9.90 Å². The standard InChI is InChI=1S/C23H26FNO5/c1-21(2)29-14-18(30-21)19-23(24,22(3,27)15-8-6-5-7-9-15)20(26)25(19)16-10-12-17(28-4)13-11-16/h5-13,18-19,27H,14H2,1-4H3/t18-,19+,22?,23-/m1/s1. The predicted octanol–water partition coefficient (Wildman–Crippen LogP) is 3.18. The van der Waals surface area contributed by atoms with Gasteiger partial charge in [-0.15, -0.1) is 0 Å². The predicted molar refractivity (Wildman–Crippen MR) is 109 cm³/mol. The fourth-order valence-corrected chi connectivity index (χ4v) is 4.32. The molecular weight excluding hydrogens is 389 g/mol. The Morgan fingerprint density at radius 2 is 1.80 bits per heavy atom. The summed E-state index contributed by atoms with van der Waals surface area (Å²) >= 11 is 0. The number of alkyl halides is 1. The number of aliphatic hydroxyl groups is 1. The van der Waals surface area contributed by atoms with Crippen LogP contribution in [0.3, 0.4) is 0 Å². The molecule has 1 amide bonds. The molecule has 2 aliphatic rings. The van der Waals surface area contributed by atoms with Crippen molar-refractivity contribution < 1.29 is 28.5 Å². The molecule has 1 N–H and O–H groups in total. The van der Waals surface area contributed by atoms with Crippen LogP contribution in [0, 0.1) is 0 Å². The number of hydrogen-bond donors (Lipinski definition) is 1. The average molecular weight is 415 g/mol. The summed E-state index contributed by atoms with van der Waals surface area (Å²) in [5.74, 6) is -1.11. The molecule has 2 heterocycles. The Balaban J connectivity index is 1.77. The Morgan fingerprint density at radius 3 is 2.33 bits per heavy atom. The fraction of sp³-hybridized carbons (Fsp3) is 0.435. The second kappa shape index (κ2) is 7.04. The fourth-order valence-electron chi connectivity index (χ4n) is 4.32. The molecule has 4 rings (SSSR count). The monoisotopic (exact) mass is 415 g/mol. The first kappa shape index (κ1) is 20.8. The van der Waals surface area contributed by atoms with Gasteiger partial charge in [0, 0.05) is 5.69 Å². The van der Waals surface area contributed by atoms with Crippen LogP contribution >= 0.6 is 0 Å². The largest absolute Gasteiger partial charge is 0.497 e. The molecule has 160 valence electrons. The summed E-state index contributed by atoms with van der Waals surface area (Å²) in [6.07, 6.45) is -0.750. The van der Waals surface area contributed by atoms with Crippen LogP contribution in [-0.4, -0.2) is 48.3 Å². The van der Waals surface area contributed by atoms with Crippen LogP contribution in [0.1, 0.15) is 26.3 Å². The minimum Gasteiger partial charge on any atom is -0.497 e. The molecule has 2 fully saturated rings. The van der Waals surface area contributed by atoms with Crippen molar-refractivity contribution in [2.24, 2.45) is 0 Å². The van der Waals surface area contributed by atoms with Gasteiger partial charge in [0.2, 0.25) is 5.67 Å². The molecule has 1 unspecified atom stereocenters. The van der Waals surface area contributed by atoms with E-state index in [0.29, 0.717) is 17.0 Å². The van der Waals surface area contributed by atoms with Gasteiger partial charge in [-0.3, -0.25) is 9.69 Å². The summed E-state index contributed by atoms with van der Waals surface area (Å²) < 4.78 is 33.4. The van der Waals surface area contributed by atoms with E-state index in [1.807, 2.05) is 0 Å². The summed E-state index contributed by atoms with van der Waals surface area (Å²) in [6.45, 7) is 4.91. The molecule has 2 aliphatic heterocycles. The maximum atomic E-state index is 16.6. The van der Waals surface area contributed by atoms with Crippen molar-refractivity contribution in [3.63, 3.8) is 0 Å². The number of benzene rings is 2. The van der Waals surface area contributed by atoms with Gasteiger partial charge >= 0.3 is 0 Å². The van der Waals surface area contributed by atoms with E-state index in [0.717, 1.165) is 0 Å². The van der Waals surface area contributed by atoms with Crippen molar-refractivity contribution >= 4 is 11.6 Å². The van der Waals surface area contributed by atoms with Gasteiger partial charge in [0.15, 0.2) is 5.79 Å². The quantitative estimate of drug-likeness (QED) is 0.760. The molecule has 4 atom stereocenters. The number of amides is 1. The van der Waals surface area contributed by atoms with Crippen molar-refractivity contribution in [3.05, 3.63) is 60.2 Å². The molecule has 0 aliphatic carbocycles. The maximum absolute atomic E-state index is 16.6. The van der Waals surface area contributed by atoms with Gasteiger partial charge in [0.1, 0.15) is 23.5 Å². The van der Waals surface area contributed by atoms with Crippen LogP contribution in [0.25, 0.3) is 0 Å². The lowest BCUT2D eigenvalue weighted by molar-refractivity contribution is -0.194. The zero-order chi connectivity index (χ0) is 21.7. The van der Waals surface area contributed by atoms with E-state index in [-0.39, 0.29) is 6.61 Å². The third kappa shape index (κ3) is 3.00. The van der Waals surface area contributed by atoms with E-state index in [4.69, 9.17) is 14.2 Å². The van der Waals surface area contributed by atoms with E-state index < -0.39 is 35.1 Å². The second-order valence-electron chi connectivity index (χ2n) is 8.34. The van der Waals surface area contributed by atoms with Gasteiger partial charge in [-0.1, -0.05) is 30.3 Å². The minimum atomic E-state index is -2.59. The maximum Gasteiger partial charge on any atom is 0.270 e. The molecule has 2 aromatic rings. The Morgan fingerprint density at radius 1 is 1.17 bits per heavy atom. The first-order chi connectivity index (χ1) is 14.1. The molecular formula is C23H26FNO5. The number of halogens is 1. The smallest absolute Gasteiger partial charge is 0.270 e. The molecule has 0 saturated carbocycles. The summed E-state index contributed by atoms with van der Waals surface area (Å²) in [7, 11) is 1.54. The number of ether oxygens (including phenoxy) is 3. The highest BCUT2D eigenvalue weighted by atomic mass is 19.1. The van der Waals surface area contributed by atoms with Gasteiger partial charge in [-0.05, 0) is 50.6 Å². The normalized spacial score (nSPS) is 29.9. The highest BCUT2D eigenvalue weighted by Crippen LogP contribution is 2.52. The summed E-state index contributed by atoms with van der Waals surface area (Å²) in [6, 6.07) is 14.1. The van der Waals surface area contributed by atoms with Gasteiger partial charge in [0.25, 0.3) is 5.91 Å². The van der Waals surface area contributed by atoms with E-state index in [1.54, 1.807) is 75.6 Å². The topological polar surface area (TPSA) is 68.2 Å². The molecule has 0 spiro atoms. The van der Waals surface area contributed by atoms with Crippen molar-refractivity contribution in [3.8, 4) is 5.75 Å². The summed E-state index contributed by atoms with van der Waals surface area (Å²) in [5, 5.41) is 11.3. The molecule has 0 radical (unpaired) electrons. The molecule has 0 aromatic heterocycles. The Bertz CT molecular complexity index is 930. The second-order valence-corrected chi connectivity index (χ2v) is 8.34. The van der Waals surface area contributed by atoms with Crippen molar-refractivity contribution in [2.75, 3.05) is 18.6 Å². The zero-order valence-electron chi connectivity index (χ0n) is 17.5. The first-order valence-electron chi connectivity index (χ1n) is 9.88. The molecule has 2 saturated heterocycles. The Labute approximate surface area is 175 Å². The van der Waals surface area contributed by atoms with E-state index in [1.165, 1.54) is 11.8 Å². The number of carbonyl (C=O) groups is 1. The van der Waals surface area contributed by atoms with Crippen LogP contribution < -0.4 is 9.64 Å². The van der Waals surface area contributed by atoms with Crippen LogP contribution in [0.4, 0.5) is 10.1 Å².